The summed E-state index contributed by atoms with van der Waals surface area (Å²) in [4.78, 5) is 45.7. The molecule has 1 saturated heterocycles. The molecule has 3 aromatic rings. The number of halogens is 2. The zero-order valence-electron chi connectivity index (χ0n) is 24.3. The zero-order chi connectivity index (χ0) is 30.5. The summed E-state index contributed by atoms with van der Waals surface area (Å²) < 4.78 is 27.6. The SMILES string of the molecule is CC.CN(C(=O)NCc1cccc(F)c1F)C(CCC(=O)N1CCNCC1)CNC(=O)Nc1cc2ccccc2cn1. The molecule has 4 N–H and O–H groups in total. The minimum atomic E-state index is -1.02. The summed E-state index contributed by atoms with van der Waals surface area (Å²) in [5, 5.41) is 13.1. The Labute approximate surface area is 244 Å². The number of anilines is 1. The lowest BCUT2D eigenvalue weighted by Gasteiger charge is -2.31. The van der Waals surface area contributed by atoms with Gasteiger partial charge in [0.2, 0.25) is 5.91 Å². The number of fused-ring (bicyclic) bond motifs is 1. The molecule has 0 spiro atoms. The van der Waals surface area contributed by atoms with Crippen molar-refractivity contribution in [1.29, 1.82) is 0 Å². The number of hydrogen-bond donors (Lipinski definition) is 4. The summed E-state index contributed by atoms with van der Waals surface area (Å²) in [5.41, 5.74) is 0.00701. The van der Waals surface area contributed by atoms with Crippen LogP contribution in [0.15, 0.2) is 54.7 Å². The van der Waals surface area contributed by atoms with Crippen LogP contribution in [-0.2, 0) is 11.3 Å². The first-order valence-electron chi connectivity index (χ1n) is 14.1. The summed E-state index contributed by atoms with van der Waals surface area (Å²) in [6.07, 6.45) is 2.13. The molecule has 1 fully saturated rings. The Hall–Kier alpha value is -4.32. The Morgan fingerprint density at radius 3 is 2.48 bits per heavy atom. The molecule has 1 unspecified atom stereocenters. The van der Waals surface area contributed by atoms with E-state index in [2.05, 4.69) is 26.3 Å². The Kier molecular flexibility index (Phi) is 12.4. The number of piperazine rings is 1. The van der Waals surface area contributed by atoms with Crippen LogP contribution in [0.25, 0.3) is 10.8 Å². The van der Waals surface area contributed by atoms with Gasteiger partial charge in [0.15, 0.2) is 11.6 Å². The molecule has 1 atom stereocenters. The van der Waals surface area contributed by atoms with Gasteiger partial charge in [0.05, 0.1) is 6.04 Å². The highest BCUT2D eigenvalue weighted by atomic mass is 19.2. The summed E-state index contributed by atoms with van der Waals surface area (Å²) in [6.45, 7) is 6.49. The van der Waals surface area contributed by atoms with E-state index in [-0.39, 0.29) is 37.4 Å². The monoisotopic (exact) mass is 583 g/mol. The van der Waals surface area contributed by atoms with Crippen LogP contribution in [0.5, 0.6) is 0 Å². The fourth-order valence-electron chi connectivity index (χ4n) is 4.46. The molecule has 226 valence electrons. The van der Waals surface area contributed by atoms with Crippen molar-refractivity contribution >= 4 is 34.6 Å². The van der Waals surface area contributed by atoms with Crippen molar-refractivity contribution in [3.05, 3.63) is 71.9 Å². The Balaban J connectivity index is 0.00000237. The number of rotatable bonds is 9. The number of carbonyl (C=O) groups excluding carboxylic acids is 3. The van der Waals surface area contributed by atoms with Crippen LogP contribution in [0.4, 0.5) is 24.2 Å². The second kappa shape index (κ2) is 16.2. The lowest BCUT2D eigenvalue weighted by atomic mass is 10.1. The van der Waals surface area contributed by atoms with E-state index >= 15 is 0 Å². The molecular weight excluding hydrogens is 544 g/mol. The number of likely N-dealkylation sites (N-methyl/N-ethyl adjacent to an activating group) is 1. The maximum absolute atomic E-state index is 14.0. The minimum absolute atomic E-state index is 0.00701. The number of pyridine rings is 1. The molecule has 12 heteroatoms. The van der Waals surface area contributed by atoms with Crippen LogP contribution in [-0.4, -0.2) is 78.6 Å². The first kappa shape index (κ1) is 32.2. The second-order valence-corrected chi connectivity index (χ2v) is 9.56. The van der Waals surface area contributed by atoms with Crippen molar-refractivity contribution in [2.75, 3.05) is 45.1 Å². The number of amides is 5. The van der Waals surface area contributed by atoms with Crippen molar-refractivity contribution in [2.24, 2.45) is 0 Å². The molecule has 0 saturated carbocycles. The molecule has 2 aromatic carbocycles. The van der Waals surface area contributed by atoms with E-state index in [1.54, 1.807) is 17.2 Å². The van der Waals surface area contributed by atoms with E-state index in [1.807, 2.05) is 38.1 Å². The van der Waals surface area contributed by atoms with Crippen LogP contribution >= 0.6 is 0 Å². The molecule has 5 amide bonds. The normalized spacial score (nSPS) is 13.4. The third kappa shape index (κ3) is 9.10. The van der Waals surface area contributed by atoms with E-state index in [9.17, 15) is 23.2 Å². The van der Waals surface area contributed by atoms with Crippen LogP contribution in [0, 0.1) is 11.6 Å². The summed E-state index contributed by atoms with van der Waals surface area (Å²) in [6, 6.07) is 11.5. The first-order valence-corrected chi connectivity index (χ1v) is 14.1. The molecule has 0 bridgehead atoms. The molecule has 4 rings (SSSR count). The summed E-state index contributed by atoms with van der Waals surface area (Å²) in [5.74, 6) is -1.69. The lowest BCUT2D eigenvalue weighted by molar-refractivity contribution is -0.132. The van der Waals surface area contributed by atoms with E-state index < -0.39 is 29.7 Å². The molecule has 0 radical (unpaired) electrons. The Morgan fingerprint density at radius 2 is 1.74 bits per heavy atom. The van der Waals surface area contributed by atoms with Gasteiger partial charge >= 0.3 is 12.1 Å². The fraction of sp³-hybridized carbons (Fsp3) is 0.400. The smallest absolute Gasteiger partial charge is 0.320 e. The molecule has 10 nitrogen and oxygen atoms in total. The fourth-order valence-corrected chi connectivity index (χ4v) is 4.46. The molecule has 1 aliphatic heterocycles. The third-order valence-electron chi connectivity index (χ3n) is 6.86. The average molecular weight is 584 g/mol. The molecule has 0 aliphatic carbocycles. The van der Waals surface area contributed by atoms with Gasteiger partial charge in [0.1, 0.15) is 5.82 Å². The van der Waals surface area contributed by atoms with Gasteiger partial charge in [-0.05, 0) is 23.9 Å². The lowest BCUT2D eigenvalue weighted by Crippen LogP contribution is -2.50. The van der Waals surface area contributed by atoms with Crippen LogP contribution in [0.1, 0.15) is 32.3 Å². The zero-order valence-corrected chi connectivity index (χ0v) is 24.3. The number of benzene rings is 2. The van der Waals surface area contributed by atoms with E-state index in [0.717, 1.165) is 29.9 Å². The highest BCUT2D eigenvalue weighted by Crippen LogP contribution is 2.16. The standard InChI is InChI=1S/C28H33F2N7O3.C2H6/c1-36(28(40)34-17-21-7-4-8-23(29)26(21)30)22(9-10-25(38)37-13-11-31-12-14-37)18-33-27(39)35-24-15-19-5-2-3-6-20(19)16-32-24;1-2/h2-8,15-16,22,31H,9-14,17-18H2,1H3,(H,34,40)(H2,32,33,35,39);1-2H3. The summed E-state index contributed by atoms with van der Waals surface area (Å²) in [7, 11) is 1.53. The molecular formula is C30H39F2N7O3. The van der Waals surface area contributed by atoms with Gasteiger partial charge in [-0.25, -0.2) is 23.4 Å². The number of carbonyl (C=O) groups is 3. The average Bonchev–Trinajstić information content (AvgIpc) is 3.02. The van der Waals surface area contributed by atoms with Crippen LogP contribution in [0.3, 0.4) is 0 Å². The number of hydrogen-bond acceptors (Lipinski definition) is 5. The third-order valence-corrected chi connectivity index (χ3v) is 6.86. The van der Waals surface area contributed by atoms with Crippen molar-refractivity contribution < 1.29 is 23.2 Å². The van der Waals surface area contributed by atoms with Gasteiger partial charge in [-0.2, -0.15) is 0 Å². The predicted octanol–water partition coefficient (Wildman–Crippen LogP) is 4.08. The highest BCUT2D eigenvalue weighted by molar-refractivity contribution is 5.91. The molecule has 2 heterocycles. The predicted molar refractivity (Wildman–Crippen MR) is 159 cm³/mol. The van der Waals surface area contributed by atoms with E-state index in [1.165, 1.54) is 24.1 Å². The quantitative estimate of drug-likeness (QED) is 0.303. The van der Waals surface area contributed by atoms with Gasteiger partial charge < -0.3 is 25.8 Å². The molecule has 1 aliphatic rings. The minimum Gasteiger partial charge on any atom is -0.340 e. The van der Waals surface area contributed by atoms with Gasteiger partial charge in [-0.3, -0.25) is 10.1 Å². The number of nitrogens with one attached hydrogen (secondary N) is 4. The maximum Gasteiger partial charge on any atom is 0.320 e. The van der Waals surface area contributed by atoms with Gasteiger partial charge in [-0.1, -0.05) is 50.2 Å². The number of nitrogens with zero attached hydrogens (tertiary/aromatic N) is 3. The Bertz CT molecular complexity index is 1350. The topological polar surface area (TPSA) is 119 Å². The summed E-state index contributed by atoms with van der Waals surface area (Å²) >= 11 is 0. The van der Waals surface area contributed by atoms with Gasteiger partial charge in [-0.15, -0.1) is 0 Å². The highest BCUT2D eigenvalue weighted by Gasteiger charge is 2.24. The molecule has 1 aromatic heterocycles. The molecule has 42 heavy (non-hydrogen) atoms. The second-order valence-electron chi connectivity index (χ2n) is 9.56. The maximum atomic E-state index is 14.0. The largest absolute Gasteiger partial charge is 0.340 e. The van der Waals surface area contributed by atoms with E-state index in [0.29, 0.717) is 18.9 Å². The Morgan fingerprint density at radius 1 is 1.02 bits per heavy atom. The number of urea groups is 2. The van der Waals surface area contributed by atoms with Crippen LogP contribution < -0.4 is 21.3 Å². The first-order chi connectivity index (χ1) is 20.3. The van der Waals surface area contributed by atoms with Crippen LogP contribution in [0.2, 0.25) is 0 Å². The van der Waals surface area contributed by atoms with Gasteiger partial charge in [0.25, 0.3) is 0 Å². The van der Waals surface area contributed by atoms with Crippen molar-refractivity contribution in [2.45, 2.75) is 39.3 Å². The number of aromatic nitrogens is 1. The van der Waals surface area contributed by atoms with Crippen molar-refractivity contribution in [1.82, 2.24) is 30.7 Å². The van der Waals surface area contributed by atoms with Crippen molar-refractivity contribution in [3.63, 3.8) is 0 Å². The van der Waals surface area contributed by atoms with E-state index in [4.69, 9.17) is 0 Å². The van der Waals surface area contributed by atoms with Crippen molar-refractivity contribution in [3.8, 4) is 0 Å². The van der Waals surface area contributed by atoms with Gasteiger partial charge in [0, 0.05) is 69.9 Å².